The van der Waals surface area contributed by atoms with Gasteiger partial charge in [-0.3, -0.25) is 4.18 Å². The first-order valence-corrected chi connectivity index (χ1v) is 10.0. The quantitative estimate of drug-likeness (QED) is 0.457. The highest BCUT2D eigenvalue weighted by Crippen LogP contribution is 2.19. The molecule has 1 aromatic carbocycles. The molecule has 23 heavy (non-hydrogen) atoms. The minimum atomic E-state index is -3.48. The lowest BCUT2D eigenvalue weighted by molar-refractivity contribution is -0.923. The highest BCUT2D eigenvalue weighted by atomic mass is 32.2. The van der Waals surface area contributed by atoms with E-state index in [-0.39, 0.29) is 12.7 Å². The fourth-order valence-corrected chi connectivity index (χ4v) is 3.00. The highest BCUT2D eigenvalue weighted by Gasteiger charge is 2.22. The third-order valence-corrected chi connectivity index (χ3v) is 5.07. The van der Waals surface area contributed by atoms with Crippen molar-refractivity contribution in [2.45, 2.75) is 26.9 Å². The van der Waals surface area contributed by atoms with Crippen molar-refractivity contribution in [2.24, 2.45) is 0 Å². The van der Waals surface area contributed by atoms with Crippen LogP contribution in [0.3, 0.4) is 0 Å². The molecule has 132 valence electrons. The van der Waals surface area contributed by atoms with Crippen molar-refractivity contribution >= 4 is 10.1 Å². The van der Waals surface area contributed by atoms with Gasteiger partial charge in [0, 0.05) is 0 Å². The molecular formula is C17H30NO4S+. The van der Waals surface area contributed by atoms with Gasteiger partial charge in [0.1, 0.15) is 12.6 Å². The lowest BCUT2D eigenvalue weighted by Gasteiger charge is -2.36. The second-order valence-corrected chi connectivity index (χ2v) is 7.42. The number of ether oxygens (including phenoxy) is 1. The normalized spacial score (nSPS) is 13.9. The van der Waals surface area contributed by atoms with Gasteiger partial charge in [0.05, 0.1) is 39.1 Å². The zero-order valence-electron chi connectivity index (χ0n) is 14.7. The Kier molecular flexibility index (Phi) is 8.19. The molecule has 0 aliphatic carbocycles. The first-order valence-electron chi connectivity index (χ1n) is 8.22. The fraction of sp³-hybridized carbons (Fsp3) is 0.647. The average Bonchev–Trinajstić information content (AvgIpc) is 2.55. The number of quaternary nitrogens is 1. The average molecular weight is 344 g/mol. The molecule has 0 radical (unpaired) electrons. The van der Waals surface area contributed by atoms with E-state index >= 15 is 0 Å². The van der Waals surface area contributed by atoms with Crippen LogP contribution in [-0.2, 0) is 19.0 Å². The SMILES string of the molecule is CC[N+](CC)(CC)CCOC(COS(C)(=O)=O)c1ccccc1. The van der Waals surface area contributed by atoms with Crippen molar-refractivity contribution in [3.05, 3.63) is 35.9 Å². The molecule has 0 saturated carbocycles. The third-order valence-electron chi connectivity index (χ3n) is 4.50. The van der Waals surface area contributed by atoms with E-state index in [2.05, 4.69) is 20.8 Å². The summed E-state index contributed by atoms with van der Waals surface area (Å²) in [5.74, 6) is 0. The Bertz CT molecular complexity index is 533. The van der Waals surface area contributed by atoms with Gasteiger partial charge in [-0.15, -0.1) is 0 Å². The summed E-state index contributed by atoms with van der Waals surface area (Å²) >= 11 is 0. The van der Waals surface area contributed by atoms with E-state index in [0.29, 0.717) is 6.61 Å². The number of benzene rings is 1. The Morgan fingerprint density at radius 2 is 1.61 bits per heavy atom. The van der Waals surface area contributed by atoms with Crippen LogP contribution in [0.2, 0.25) is 0 Å². The van der Waals surface area contributed by atoms with Gasteiger partial charge in [-0.25, -0.2) is 0 Å². The van der Waals surface area contributed by atoms with Crippen molar-refractivity contribution in [3.8, 4) is 0 Å². The number of hydrogen-bond donors (Lipinski definition) is 0. The zero-order chi connectivity index (χ0) is 17.3. The molecule has 6 heteroatoms. The maximum atomic E-state index is 11.3. The molecule has 0 amide bonds. The minimum absolute atomic E-state index is 0.00716. The van der Waals surface area contributed by atoms with Gasteiger partial charge in [-0.1, -0.05) is 30.3 Å². The van der Waals surface area contributed by atoms with Gasteiger partial charge in [0.15, 0.2) is 0 Å². The lowest BCUT2D eigenvalue weighted by atomic mass is 10.1. The molecule has 0 bridgehead atoms. The van der Waals surface area contributed by atoms with Crippen molar-refractivity contribution in [2.75, 3.05) is 45.6 Å². The van der Waals surface area contributed by atoms with Crippen molar-refractivity contribution in [1.82, 2.24) is 0 Å². The molecule has 1 aromatic rings. The van der Waals surface area contributed by atoms with Gasteiger partial charge < -0.3 is 9.22 Å². The van der Waals surface area contributed by atoms with Crippen LogP contribution in [0.5, 0.6) is 0 Å². The standard InChI is InChI=1S/C17H30NO4S/c1-5-18(6-2,7-3)13-14-21-17(15-22-23(4,19)20)16-11-9-8-10-12-16/h8-12,17H,5-7,13-15H2,1-4H3/q+1. The van der Waals surface area contributed by atoms with Gasteiger partial charge in [-0.2, -0.15) is 8.42 Å². The van der Waals surface area contributed by atoms with E-state index in [0.717, 1.165) is 42.5 Å². The monoisotopic (exact) mass is 344 g/mol. The Labute approximate surface area is 140 Å². The van der Waals surface area contributed by atoms with Crippen LogP contribution < -0.4 is 0 Å². The summed E-state index contributed by atoms with van der Waals surface area (Å²) in [6.07, 6.45) is 0.681. The second kappa shape index (κ2) is 9.37. The van der Waals surface area contributed by atoms with Crippen LogP contribution in [0.4, 0.5) is 0 Å². The smallest absolute Gasteiger partial charge is 0.264 e. The maximum Gasteiger partial charge on any atom is 0.264 e. The first kappa shape index (κ1) is 20.1. The van der Waals surface area contributed by atoms with Gasteiger partial charge in [0.2, 0.25) is 0 Å². The summed E-state index contributed by atoms with van der Waals surface area (Å²) in [5, 5.41) is 0. The van der Waals surface area contributed by atoms with Crippen LogP contribution in [-0.4, -0.2) is 58.5 Å². The van der Waals surface area contributed by atoms with E-state index in [1.165, 1.54) is 0 Å². The molecule has 0 N–H and O–H groups in total. The Morgan fingerprint density at radius 3 is 2.09 bits per heavy atom. The second-order valence-electron chi connectivity index (χ2n) is 5.77. The van der Waals surface area contributed by atoms with Crippen LogP contribution in [0, 0.1) is 0 Å². The molecule has 1 rings (SSSR count). The summed E-state index contributed by atoms with van der Waals surface area (Å²) in [6.45, 7) is 11.2. The fourth-order valence-electron chi connectivity index (χ4n) is 2.63. The van der Waals surface area contributed by atoms with Crippen molar-refractivity contribution in [1.29, 1.82) is 0 Å². The van der Waals surface area contributed by atoms with E-state index in [9.17, 15) is 8.42 Å². The third kappa shape index (κ3) is 6.99. The number of rotatable bonds is 11. The molecule has 0 saturated heterocycles. The topological polar surface area (TPSA) is 52.6 Å². The predicted octanol–water partition coefficient (Wildman–Crippen LogP) is 2.60. The summed E-state index contributed by atoms with van der Waals surface area (Å²) in [6, 6.07) is 9.61. The molecule has 0 aliphatic rings. The number of nitrogens with zero attached hydrogens (tertiary/aromatic N) is 1. The van der Waals surface area contributed by atoms with Crippen LogP contribution in [0.1, 0.15) is 32.4 Å². The lowest BCUT2D eigenvalue weighted by Crippen LogP contribution is -2.49. The molecule has 1 atom stereocenters. The van der Waals surface area contributed by atoms with Crippen LogP contribution in [0.15, 0.2) is 30.3 Å². The Hall–Kier alpha value is -0.950. The van der Waals surface area contributed by atoms with Gasteiger partial charge in [0.25, 0.3) is 10.1 Å². The van der Waals surface area contributed by atoms with Gasteiger partial charge in [-0.05, 0) is 26.3 Å². The predicted molar refractivity (Wildman–Crippen MR) is 92.7 cm³/mol. The van der Waals surface area contributed by atoms with E-state index in [4.69, 9.17) is 8.92 Å². The molecule has 0 fully saturated rings. The van der Waals surface area contributed by atoms with E-state index < -0.39 is 10.1 Å². The summed E-state index contributed by atoms with van der Waals surface area (Å²) in [5.41, 5.74) is 0.929. The van der Waals surface area contributed by atoms with Crippen molar-refractivity contribution in [3.63, 3.8) is 0 Å². The summed E-state index contributed by atoms with van der Waals surface area (Å²) in [7, 11) is -3.48. The number of hydrogen-bond acceptors (Lipinski definition) is 4. The largest absolute Gasteiger partial charge is 0.365 e. The van der Waals surface area contributed by atoms with E-state index in [1.807, 2.05) is 30.3 Å². The molecule has 0 heterocycles. The Morgan fingerprint density at radius 1 is 1.04 bits per heavy atom. The van der Waals surface area contributed by atoms with Crippen LogP contribution in [0.25, 0.3) is 0 Å². The molecule has 0 aliphatic heterocycles. The van der Waals surface area contributed by atoms with Gasteiger partial charge >= 0.3 is 0 Å². The molecule has 1 unspecified atom stereocenters. The highest BCUT2D eigenvalue weighted by molar-refractivity contribution is 7.85. The summed E-state index contributed by atoms with van der Waals surface area (Å²) < 4.78 is 34.4. The minimum Gasteiger partial charge on any atom is -0.365 e. The summed E-state index contributed by atoms with van der Waals surface area (Å²) in [4.78, 5) is 0. The first-order chi connectivity index (χ1) is 10.9. The van der Waals surface area contributed by atoms with Crippen LogP contribution >= 0.6 is 0 Å². The van der Waals surface area contributed by atoms with E-state index in [1.54, 1.807) is 0 Å². The number of likely N-dealkylation sites (N-methyl/N-ethyl adjacent to an activating group) is 1. The molecular weight excluding hydrogens is 314 g/mol. The molecule has 0 spiro atoms. The zero-order valence-corrected chi connectivity index (χ0v) is 15.5. The van der Waals surface area contributed by atoms with Crippen molar-refractivity contribution < 1.29 is 21.8 Å². The maximum absolute atomic E-state index is 11.3. The molecule has 0 aromatic heterocycles. The molecule has 5 nitrogen and oxygen atoms in total. The Balaban J connectivity index is 2.70.